The van der Waals surface area contributed by atoms with Crippen LogP contribution in [0.3, 0.4) is 0 Å². The average molecular weight is 404 g/mol. The van der Waals surface area contributed by atoms with Crippen molar-refractivity contribution in [2.45, 2.75) is 32.6 Å². The molecule has 0 aliphatic rings. The van der Waals surface area contributed by atoms with Gasteiger partial charge in [0, 0.05) is 42.4 Å². The molecule has 30 heavy (non-hydrogen) atoms. The van der Waals surface area contributed by atoms with Crippen LogP contribution in [0.4, 0.5) is 5.69 Å². The monoisotopic (exact) mass is 404 g/mol. The van der Waals surface area contributed by atoms with Crippen molar-refractivity contribution in [2.24, 2.45) is 0 Å². The standard InChI is InChI=1S/C21H20N6O3/c1-13(2)16-12-24-21(29-16)14-4-6-15(7-5-14)25-17(28)8-9-18-26-20(27-30-18)19-22-10-3-11-23-19/h3-7,10-13H,8-9H2,1-2H3,(H,25,28). The number of benzene rings is 1. The molecule has 1 N–H and O–H groups in total. The van der Waals surface area contributed by atoms with Crippen molar-refractivity contribution in [1.29, 1.82) is 0 Å². The molecular weight excluding hydrogens is 384 g/mol. The van der Waals surface area contributed by atoms with Crippen molar-refractivity contribution in [3.8, 4) is 23.1 Å². The second kappa shape index (κ2) is 8.64. The molecule has 0 fully saturated rings. The minimum Gasteiger partial charge on any atom is -0.441 e. The van der Waals surface area contributed by atoms with E-state index >= 15 is 0 Å². The number of nitrogens with one attached hydrogen (secondary N) is 1. The Morgan fingerprint density at radius 3 is 2.53 bits per heavy atom. The first-order valence-electron chi connectivity index (χ1n) is 9.54. The van der Waals surface area contributed by atoms with Crippen LogP contribution in [0.1, 0.15) is 37.8 Å². The maximum absolute atomic E-state index is 12.2. The topological polar surface area (TPSA) is 120 Å². The van der Waals surface area contributed by atoms with Gasteiger partial charge in [-0.15, -0.1) is 0 Å². The molecule has 0 spiro atoms. The number of hydrogen-bond donors (Lipinski definition) is 1. The van der Waals surface area contributed by atoms with Gasteiger partial charge >= 0.3 is 0 Å². The predicted molar refractivity (Wildman–Crippen MR) is 108 cm³/mol. The quantitative estimate of drug-likeness (QED) is 0.493. The number of rotatable bonds is 7. The molecular formula is C21H20N6O3. The molecule has 0 saturated carbocycles. The van der Waals surface area contributed by atoms with Crippen LogP contribution in [0.15, 0.2) is 57.9 Å². The van der Waals surface area contributed by atoms with E-state index in [9.17, 15) is 4.79 Å². The van der Waals surface area contributed by atoms with Gasteiger partial charge in [0.1, 0.15) is 5.76 Å². The molecule has 9 nitrogen and oxygen atoms in total. The zero-order chi connectivity index (χ0) is 20.9. The van der Waals surface area contributed by atoms with Gasteiger partial charge in [-0.1, -0.05) is 19.0 Å². The molecule has 0 aliphatic heterocycles. The summed E-state index contributed by atoms with van der Waals surface area (Å²) in [5.74, 6) is 2.55. The van der Waals surface area contributed by atoms with Crippen LogP contribution in [0.5, 0.6) is 0 Å². The van der Waals surface area contributed by atoms with Gasteiger partial charge in [-0.05, 0) is 30.3 Å². The number of oxazole rings is 1. The molecule has 1 aromatic carbocycles. The van der Waals surface area contributed by atoms with Crippen LogP contribution in [-0.4, -0.2) is 31.0 Å². The Labute approximate surface area is 172 Å². The normalized spacial score (nSPS) is 11.0. The van der Waals surface area contributed by atoms with E-state index in [1.807, 2.05) is 38.1 Å². The zero-order valence-electron chi connectivity index (χ0n) is 16.6. The van der Waals surface area contributed by atoms with Gasteiger partial charge in [-0.2, -0.15) is 4.98 Å². The second-order valence-corrected chi connectivity index (χ2v) is 6.93. The van der Waals surface area contributed by atoms with Gasteiger partial charge in [0.2, 0.25) is 29.3 Å². The number of aryl methyl sites for hydroxylation is 1. The minimum absolute atomic E-state index is 0.156. The van der Waals surface area contributed by atoms with Crippen LogP contribution in [0, 0.1) is 0 Å². The summed E-state index contributed by atoms with van der Waals surface area (Å²) < 4.78 is 10.9. The second-order valence-electron chi connectivity index (χ2n) is 6.93. The van der Waals surface area contributed by atoms with E-state index in [0.717, 1.165) is 11.3 Å². The van der Waals surface area contributed by atoms with Crippen molar-refractivity contribution in [3.05, 3.63) is 60.6 Å². The number of anilines is 1. The third-order valence-corrected chi connectivity index (χ3v) is 4.31. The van der Waals surface area contributed by atoms with Crippen molar-refractivity contribution in [1.82, 2.24) is 25.1 Å². The third-order valence-electron chi connectivity index (χ3n) is 4.31. The van der Waals surface area contributed by atoms with E-state index in [-0.39, 0.29) is 18.2 Å². The molecule has 0 aliphatic carbocycles. The fraction of sp³-hybridized carbons (Fsp3) is 0.238. The highest BCUT2D eigenvalue weighted by Crippen LogP contribution is 2.24. The fourth-order valence-corrected chi connectivity index (χ4v) is 2.69. The highest BCUT2D eigenvalue weighted by Gasteiger charge is 2.13. The van der Waals surface area contributed by atoms with E-state index in [1.165, 1.54) is 0 Å². The number of nitrogens with zero attached hydrogens (tertiary/aromatic N) is 5. The van der Waals surface area contributed by atoms with Gasteiger partial charge in [0.25, 0.3) is 0 Å². The summed E-state index contributed by atoms with van der Waals surface area (Å²) in [5, 5.41) is 6.69. The average Bonchev–Trinajstić information content (AvgIpc) is 3.44. The Hall–Kier alpha value is -3.88. The largest absolute Gasteiger partial charge is 0.441 e. The Kier molecular flexibility index (Phi) is 5.60. The maximum Gasteiger partial charge on any atom is 0.240 e. The molecule has 3 aromatic heterocycles. The highest BCUT2D eigenvalue weighted by molar-refractivity contribution is 5.91. The molecule has 0 atom stereocenters. The number of carbonyl (C=O) groups is 1. The van der Waals surface area contributed by atoms with Gasteiger partial charge in [-0.25, -0.2) is 15.0 Å². The molecule has 0 unspecified atom stereocenters. The van der Waals surface area contributed by atoms with E-state index < -0.39 is 0 Å². The van der Waals surface area contributed by atoms with E-state index in [4.69, 9.17) is 8.94 Å². The molecule has 4 aromatic rings. The van der Waals surface area contributed by atoms with E-state index in [1.54, 1.807) is 24.7 Å². The highest BCUT2D eigenvalue weighted by atomic mass is 16.5. The lowest BCUT2D eigenvalue weighted by molar-refractivity contribution is -0.116. The van der Waals surface area contributed by atoms with Gasteiger partial charge in [0.05, 0.1) is 6.20 Å². The number of amides is 1. The number of aromatic nitrogens is 5. The summed E-state index contributed by atoms with van der Waals surface area (Å²) in [4.78, 5) is 28.9. The Morgan fingerprint density at radius 2 is 1.83 bits per heavy atom. The number of hydrogen-bond acceptors (Lipinski definition) is 8. The molecule has 3 heterocycles. The van der Waals surface area contributed by atoms with Gasteiger partial charge in [0.15, 0.2) is 0 Å². The number of carbonyl (C=O) groups excluding carboxylic acids is 1. The van der Waals surface area contributed by atoms with Crippen molar-refractivity contribution in [2.75, 3.05) is 5.32 Å². The lowest BCUT2D eigenvalue weighted by Gasteiger charge is -2.05. The molecule has 1 amide bonds. The summed E-state index contributed by atoms with van der Waals surface area (Å²) in [6.45, 7) is 4.10. The molecule has 9 heteroatoms. The van der Waals surface area contributed by atoms with Crippen LogP contribution < -0.4 is 5.32 Å². The molecule has 0 bridgehead atoms. The summed E-state index contributed by atoms with van der Waals surface area (Å²) in [5.41, 5.74) is 1.53. The van der Waals surface area contributed by atoms with E-state index in [2.05, 4.69) is 30.4 Å². The molecule has 152 valence electrons. The summed E-state index contributed by atoms with van der Waals surface area (Å²) in [6.07, 6.45) is 5.46. The maximum atomic E-state index is 12.2. The predicted octanol–water partition coefficient (Wildman–Crippen LogP) is 3.88. The van der Waals surface area contributed by atoms with E-state index in [0.29, 0.717) is 35.5 Å². The summed E-state index contributed by atoms with van der Waals surface area (Å²) in [7, 11) is 0. The zero-order valence-corrected chi connectivity index (χ0v) is 16.6. The van der Waals surface area contributed by atoms with Gasteiger partial charge in [-0.3, -0.25) is 4.79 Å². The molecule has 0 saturated heterocycles. The first kappa shape index (κ1) is 19.4. The van der Waals surface area contributed by atoms with Crippen LogP contribution >= 0.6 is 0 Å². The van der Waals surface area contributed by atoms with Gasteiger partial charge < -0.3 is 14.3 Å². The first-order chi connectivity index (χ1) is 14.6. The lowest BCUT2D eigenvalue weighted by atomic mass is 10.2. The smallest absolute Gasteiger partial charge is 0.240 e. The van der Waals surface area contributed by atoms with Crippen molar-refractivity contribution in [3.63, 3.8) is 0 Å². The SMILES string of the molecule is CC(C)c1cnc(-c2ccc(NC(=O)CCc3nc(-c4ncccn4)no3)cc2)o1. The van der Waals surface area contributed by atoms with Crippen LogP contribution in [0.2, 0.25) is 0 Å². The summed E-state index contributed by atoms with van der Waals surface area (Å²) >= 11 is 0. The fourth-order valence-electron chi connectivity index (χ4n) is 2.69. The Morgan fingerprint density at radius 1 is 1.07 bits per heavy atom. The lowest BCUT2D eigenvalue weighted by Crippen LogP contribution is -2.12. The molecule has 4 rings (SSSR count). The Balaban J connectivity index is 1.31. The molecule has 0 radical (unpaired) electrons. The van der Waals surface area contributed by atoms with Crippen molar-refractivity contribution >= 4 is 11.6 Å². The Bertz CT molecular complexity index is 1120. The minimum atomic E-state index is -0.156. The first-order valence-corrected chi connectivity index (χ1v) is 9.54. The van der Waals surface area contributed by atoms with Crippen molar-refractivity contribution < 1.29 is 13.7 Å². The summed E-state index contributed by atoms with van der Waals surface area (Å²) in [6, 6.07) is 9.04. The third kappa shape index (κ3) is 4.57. The van der Waals surface area contributed by atoms with Crippen LogP contribution in [0.25, 0.3) is 23.1 Å². The van der Waals surface area contributed by atoms with Crippen LogP contribution in [-0.2, 0) is 11.2 Å².